The molecule has 10 heteroatoms. The number of nitrogens with zero attached hydrogens (tertiary/aromatic N) is 3. The summed E-state index contributed by atoms with van der Waals surface area (Å²) in [6.07, 6.45) is 3.83. The summed E-state index contributed by atoms with van der Waals surface area (Å²) in [7, 11) is 1.97. The van der Waals surface area contributed by atoms with Crippen LogP contribution in [0.1, 0.15) is 47.7 Å². The number of hydrogen-bond donors (Lipinski definition) is 4. The minimum absolute atomic E-state index is 0.0999. The van der Waals surface area contributed by atoms with Gasteiger partial charge in [0.2, 0.25) is 0 Å². The largest absolute Gasteiger partial charge is 0.491 e. The molecule has 1 unspecified atom stereocenters. The van der Waals surface area contributed by atoms with Crippen molar-refractivity contribution in [1.29, 1.82) is 0 Å². The average molecular weight is 539 g/mol. The number of pyridine rings is 1. The number of β-amino-alcohol motifs (C(OH)–C–C–N with tert-alkyl or cyclic N) is 1. The highest BCUT2D eigenvalue weighted by Gasteiger charge is 2.22. The van der Waals surface area contributed by atoms with E-state index in [1.165, 1.54) is 17.5 Å². The smallest absolute Gasteiger partial charge is 0.251 e. The summed E-state index contributed by atoms with van der Waals surface area (Å²) in [6.45, 7) is 7.11. The second kappa shape index (κ2) is 13.0. The quantitative estimate of drug-likeness (QED) is 0.322. The normalized spacial score (nSPS) is 20.1. The van der Waals surface area contributed by atoms with E-state index in [0.717, 1.165) is 62.8 Å². The fraction of sp³-hybridized carbons (Fsp3) is 0.586. The minimum Gasteiger partial charge on any atom is -0.491 e. The number of ether oxygens (including phenoxy) is 2. The first kappa shape index (κ1) is 27.6. The Kier molecular flexibility index (Phi) is 9.18. The molecule has 2 aliphatic heterocycles. The Morgan fingerprint density at radius 1 is 1.31 bits per heavy atom. The first-order chi connectivity index (χ1) is 19.0. The molecule has 212 valence electrons. The number of rotatable bonds is 12. The molecule has 3 aliphatic rings. The number of nitrogens with one attached hydrogen (secondary N) is 3. The van der Waals surface area contributed by atoms with Gasteiger partial charge in [-0.25, -0.2) is 4.98 Å². The molecule has 5 rings (SSSR count). The van der Waals surface area contributed by atoms with Crippen LogP contribution in [0.15, 0.2) is 30.3 Å². The third kappa shape index (κ3) is 7.39. The third-order valence-corrected chi connectivity index (χ3v) is 7.86. The lowest BCUT2D eigenvalue weighted by Crippen LogP contribution is -2.42. The zero-order valence-corrected chi connectivity index (χ0v) is 23.1. The molecule has 1 aromatic carbocycles. The van der Waals surface area contributed by atoms with Gasteiger partial charge in [-0.05, 0) is 68.0 Å². The van der Waals surface area contributed by atoms with E-state index < -0.39 is 6.10 Å². The second-order valence-electron chi connectivity index (χ2n) is 10.9. The van der Waals surface area contributed by atoms with E-state index in [1.54, 1.807) is 0 Å². The lowest BCUT2D eigenvalue weighted by Gasteiger charge is -2.30. The van der Waals surface area contributed by atoms with Gasteiger partial charge in [-0.2, -0.15) is 0 Å². The number of anilines is 2. The molecule has 0 spiro atoms. The van der Waals surface area contributed by atoms with Crippen molar-refractivity contribution in [3.63, 3.8) is 0 Å². The first-order valence-electron chi connectivity index (χ1n) is 14.2. The van der Waals surface area contributed by atoms with E-state index in [1.807, 2.05) is 30.1 Å². The van der Waals surface area contributed by atoms with Gasteiger partial charge >= 0.3 is 0 Å². The Morgan fingerprint density at radius 3 is 2.92 bits per heavy atom. The predicted molar refractivity (Wildman–Crippen MR) is 151 cm³/mol. The Morgan fingerprint density at radius 2 is 2.18 bits per heavy atom. The summed E-state index contributed by atoms with van der Waals surface area (Å²) in [4.78, 5) is 22.0. The van der Waals surface area contributed by atoms with Crippen LogP contribution in [0.5, 0.6) is 5.75 Å². The van der Waals surface area contributed by atoms with Crippen LogP contribution >= 0.6 is 0 Å². The van der Waals surface area contributed by atoms with Crippen molar-refractivity contribution >= 4 is 17.5 Å². The van der Waals surface area contributed by atoms with Crippen LogP contribution in [0.3, 0.4) is 0 Å². The van der Waals surface area contributed by atoms with E-state index in [4.69, 9.17) is 14.5 Å². The number of benzene rings is 1. The molecular weight excluding hydrogens is 496 g/mol. The van der Waals surface area contributed by atoms with Gasteiger partial charge in [0.15, 0.2) is 0 Å². The van der Waals surface area contributed by atoms with Crippen molar-refractivity contribution < 1.29 is 19.4 Å². The lowest BCUT2D eigenvalue weighted by atomic mass is 9.93. The van der Waals surface area contributed by atoms with Crippen molar-refractivity contribution in [1.82, 2.24) is 20.5 Å². The number of aliphatic hydroxyl groups is 1. The summed E-state index contributed by atoms with van der Waals surface area (Å²) in [5.41, 5.74) is 3.09. The molecule has 1 saturated carbocycles. The van der Waals surface area contributed by atoms with Gasteiger partial charge in [0.05, 0.1) is 12.8 Å². The molecular formula is C29H42N6O4. The number of aromatic nitrogens is 1. The zero-order chi connectivity index (χ0) is 27.2. The fourth-order valence-electron chi connectivity index (χ4n) is 5.10. The Labute approximate surface area is 231 Å². The van der Waals surface area contributed by atoms with Crippen LogP contribution in [0.25, 0.3) is 0 Å². The van der Waals surface area contributed by atoms with Gasteiger partial charge in [0.1, 0.15) is 30.1 Å². The van der Waals surface area contributed by atoms with Crippen LogP contribution < -0.4 is 25.6 Å². The number of hydrogen-bond acceptors (Lipinski definition) is 9. The molecule has 4 N–H and O–H groups in total. The topological polar surface area (TPSA) is 111 Å². The molecule has 2 fully saturated rings. The lowest BCUT2D eigenvalue weighted by molar-refractivity contribution is 0.0715. The van der Waals surface area contributed by atoms with Crippen molar-refractivity contribution in [2.24, 2.45) is 0 Å². The Hall–Kier alpha value is -2.92. The van der Waals surface area contributed by atoms with Crippen LogP contribution in [-0.4, -0.2) is 92.3 Å². The Bertz CT molecular complexity index is 1120. The van der Waals surface area contributed by atoms with E-state index in [2.05, 4.69) is 39.9 Å². The number of aliphatic hydroxyl groups excluding tert-OH is 1. The maximum atomic E-state index is 13.0. The molecule has 39 heavy (non-hydrogen) atoms. The van der Waals surface area contributed by atoms with Crippen molar-refractivity contribution in [3.05, 3.63) is 47.0 Å². The van der Waals surface area contributed by atoms with Crippen LogP contribution in [0.2, 0.25) is 0 Å². The minimum atomic E-state index is -0.662. The van der Waals surface area contributed by atoms with Gasteiger partial charge in [-0.15, -0.1) is 0 Å². The van der Waals surface area contributed by atoms with Crippen LogP contribution in [-0.2, 0) is 17.7 Å². The molecule has 10 nitrogen and oxygen atoms in total. The SMILES string of the molecule is CCN(C)c1cc(C(=O)NC[C@H](O)CN2CCc3cc(OCC4CNCO4)ccc3C2)cc(NC2CCC2)n1. The maximum absolute atomic E-state index is 13.0. The highest BCUT2D eigenvalue weighted by Crippen LogP contribution is 2.26. The number of carbonyl (C=O) groups is 1. The average Bonchev–Trinajstić information content (AvgIpc) is 3.45. The molecule has 2 atom stereocenters. The summed E-state index contributed by atoms with van der Waals surface area (Å²) >= 11 is 0. The number of carbonyl (C=O) groups excluding carboxylic acids is 1. The summed E-state index contributed by atoms with van der Waals surface area (Å²) in [6, 6.07) is 10.3. The van der Waals surface area contributed by atoms with Gasteiger partial charge in [0, 0.05) is 57.9 Å². The highest BCUT2D eigenvalue weighted by atomic mass is 16.5. The van der Waals surface area contributed by atoms with E-state index in [9.17, 15) is 9.90 Å². The molecule has 3 heterocycles. The maximum Gasteiger partial charge on any atom is 0.251 e. The van der Waals surface area contributed by atoms with Crippen LogP contribution in [0.4, 0.5) is 11.6 Å². The van der Waals surface area contributed by atoms with E-state index in [0.29, 0.717) is 31.5 Å². The molecule has 1 saturated heterocycles. The standard InChI is InChI=1S/C29H42N6O4/c1-3-34(2)28-13-22(12-27(33-28)32-23-5-4-6-23)29(37)31-14-24(36)17-35-10-9-20-11-25(8-7-21(20)16-35)38-18-26-15-30-19-39-26/h7-8,11-13,23-24,26,30,36H,3-6,9-10,14-19H2,1-2H3,(H,31,37)(H,32,33)/t24-,26?/m0/s1. The molecule has 0 radical (unpaired) electrons. The molecule has 0 bridgehead atoms. The fourth-order valence-corrected chi connectivity index (χ4v) is 5.10. The van der Waals surface area contributed by atoms with Gasteiger partial charge in [-0.3, -0.25) is 15.0 Å². The van der Waals surface area contributed by atoms with Gasteiger partial charge in [0.25, 0.3) is 5.91 Å². The molecule has 1 aliphatic carbocycles. The van der Waals surface area contributed by atoms with Crippen molar-refractivity contribution in [2.75, 3.05) is 63.3 Å². The highest BCUT2D eigenvalue weighted by molar-refractivity contribution is 5.95. The molecule has 2 aromatic rings. The van der Waals surface area contributed by atoms with Crippen molar-refractivity contribution in [2.45, 2.75) is 57.4 Å². The third-order valence-electron chi connectivity index (χ3n) is 7.86. The monoisotopic (exact) mass is 538 g/mol. The van der Waals surface area contributed by atoms with E-state index in [-0.39, 0.29) is 18.6 Å². The second-order valence-corrected chi connectivity index (χ2v) is 10.9. The summed E-state index contributed by atoms with van der Waals surface area (Å²) in [5, 5.41) is 20.3. The summed E-state index contributed by atoms with van der Waals surface area (Å²) in [5.74, 6) is 2.16. The van der Waals surface area contributed by atoms with Crippen molar-refractivity contribution in [3.8, 4) is 5.75 Å². The zero-order valence-electron chi connectivity index (χ0n) is 23.1. The predicted octanol–water partition coefficient (Wildman–Crippen LogP) is 1.98. The Balaban J connectivity index is 1.11. The van der Waals surface area contributed by atoms with Gasteiger partial charge < -0.3 is 30.1 Å². The van der Waals surface area contributed by atoms with Crippen LogP contribution in [0, 0.1) is 0 Å². The molecule has 1 amide bonds. The number of amides is 1. The number of fused-ring (bicyclic) bond motifs is 1. The molecule has 1 aromatic heterocycles. The van der Waals surface area contributed by atoms with Gasteiger partial charge in [-0.1, -0.05) is 6.07 Å². The summed E-state index contributed by atoms with van der Waals surface area (Å²) < 4.78 is 11.5. The first-order valence-corrected chi connectivity index (χ1v) is 14.2. The van der Waals surface area contributed by atoms with E-state index >= 15 is 0 Å².